The second kappa shape index (κ2) is 6.78. The number of halogens is 2. The van der Waals surface area contributed by atoms with Crippen LogP contribution in [0.5, 0.6) is 0 Å². The average molecular weight is 308 g/mol. The van der Waals surface area contributed by atoms with Crippen LogP contribution in [0.2, 0.25) is 5.02 Å². The molecule has 2 rings (SSSR count). The van der Waals surface area contributed by atoms with Crippen LogP contribution in [0, 0.1) is 0 Å². The molecule has 0 bridgehead atoms. The van der Waals surface area contributed by atoms with E-state index in [1.165, 1.54) is 0 Å². The van der Waals surface area contributed by atoms with Crippen LogP contribution in [0.15, 0.2) is 48.5 Å². The summed E-state index contributed by atoms with van der Waals surface area (Å²) in [4.78, 5) is 12.1. The fraction of sp³-hybridized carbons (Fsp3) is 0.188. The fourth-order valence-corrected chi connectivity index (χ4v) is 2.26. The first-order valence-electron chi connectivity index (χ1n) is 6.31. The number of carbonyl (C=O) groups excluding carboxylic acids is 1. The van der Waals surface area contributed by atoms with E-state index in [0.717, 1.165) is 11.1 Å². The van der Waals surface area contributed by atoms with E-state index >= 15 is 0 Å². The molecule has 104 valence electrons. The lowest BCUT2D eigenvalue weighted by molar-refractivity contribution is 0.0940. The summed E-state index contributed by atoms with van der Waals surface area (Å²) in [7, 11) is 0. The molecule has 1 atom stereocenters. The summed E-state index contributed by atoms with van der Waals surface area (Å²) in [5.74, 6) is 0.333. The highest BCUT2D eigenvalue weighted by Gasteiger charge is 2.11. The Hall–Kier alpha value is -1.51. The largest absolute Gasteiger partial charge is 0.346 e. The van der Waals surface area contributed by atoms with E-state index in [1.807, 2.05) is 43.3 Å². The van der Waals surface area contributed by atoms with Gasteiger partial charge >= 0.3 is 0 Å². The molecule has 20 heavy (non-hydrogen) atoms. The average Bonchev–Trinajstić information content (AvgIpc) is 2.47. The molecule has 2 nitrogen and oxygen atoms in total. The molecule has 0 saturated carbocycles. The van der Waals surface area contributed by atoms with Gasteiger partial charge in [-0.15, -0.1) is 11.6 Å². The summed E-state index contributed by atoms with van der Waals surface area (Å²) < 4.78 is 0. The molecule has 0 spiro atoms. The number of hydrogen-bond donors (Lipinski definition) is 1. The molecule has 2 aromatic carbocycles. The monoisotopic (exact) mass is 307 g/mol. The van der Waals surface area contributed by atoms with Crippen molar-refractivity contribution in [3.8, 4) is 0 Å². The van der Waals surface area contributed by atoms with Crippen molar-refractivity contribution in [2.24, 2.45) is 0 Å². The fourth-order valence-electron chi connectivity index (χ4n) is 1.88. The van der Waals surface area contributed by atoms with Crippen LogP contribution in [-0.2, 0) is 5.88 Å². The minimum absolute atomic E-state index is 0.103. The van der Waals surface area contributed by atoms with Crippen LogP contribution in [0.25, 0.3) is 0 Å². The molecule has 0 saturated heterocycles. The Bertz CT molecular complexity index is 596. The van der Waals surface area contributed by atoms with Crippen molar-refractivity contribution < 1.29 is 4.79 Å². The molecule has 0 unspecified atom stereocenters. The molecule has 0 fully saturated rings. The second-order valence-electron chi connectivity index (χ2n) is 4.58. The highest BCUT2D eigenvalue weighted by molar-refractivity contribution is 6.30. The van der Waals surface area contributed by atoms with E-state index < -0.39 is 0 Å². The van der Waals surface area contributed by atoms with Crippen LogP contribution in [-0.4, -0.2) is 5.91 Å². The Morgan fingerprint density at radius 2 is 1.90 bits per heavy atom. The van der Waals surface area contributed by atoms with Gasteiger partial charge in [-0.25, -0.2) is 0 Å². The highest BCUT2D eigenvalue weighted by atomic mass is 35.5. The predicted molar refractivity (Wildman–Crippen MR) is 83.3 cm³/mol. The van der Waals surface area contributed by atoms with E-state index in [9.17, 15) is 4.79 Å². The molecular weight excluding hydrogens is 293 g/mol. The summed E-state index contributed by atoms with van der Waals surface area (Å²) in [5, 5.41) is 3.61. The van der Waals surface area contributed by atoms with E-state index in [2.05, 4.69) is 5.32 Å². The second-order valence-corrected chi connectivity index (χ2v) is 5.28. The van der Waals surface area contributed by atoms with Gasteiger partial charge in [0.1, 0.15) is 0 Å². The lowest BCUT2D eigenvalue weighted by atomic mass is 10.1. The summed E-state index contributed by atoms with van der Waals surface area (Å²) >= 11 is 11.7. The van der Waals surface area contributed by atoms with Gasteiger partial charge in [-0.05, 0) is 42.3 Å². The van der Waals surface area contributed by atoms with Crippen molar-refractivity contribution >= 4 is 29.1 Å². The summed E-state index contributed by atoms with van der Waals surface area (Å²) in [6.07, 6.45) is 0. The minimum atomic E-state index is -0.112. The lowest BCUT2D eigenvalue weighted by Gasteiger charge is -2.14. The molecule has 0 aliphatic carbocycles. The zero-order valence-electron chi connectivity index (χ0n) is 11.1. The van der Waals surface area contributed by atoms with Gasteiger partial charge in [-0.3, -0.25) is 4.79 Å². The van der Waals surface area contributed by atoms with Gasteiger partial charge in [0.15, 0.2) is 0 Å². The van der Waals surface area contributed by atoms with Crippen molar-refractivity contribution in [3.63, 3.8) is 0 Å². The van der Waals surface area contributed by atoms with Gasteiger partial charge in [0, 0.05) is 16.5 Å². The van der Waals surface area contributed by atoms with E-state index in [-0.39, 0.29) is 11.9 Å². The van der Waals surface area contributed by atoms with Gasteiger partial charge in [0.2, 0.25) is 0 Å². The van der Waals surface area contributed by atoms with Gasteiger partial charge in [0.25, 0.3) is 5.91 Å². The standard InChI is InChI=1S/C16H15Cl2NO/c1-11(14-3-2-4-15(18)9-14)19-16(20)13-7-5-12(10-17)6-8-13/h2-9,11H,10H2,1H3,(H,19,20)/t11-/m0/s1. The quantitative estimate of drug-likeness (QED) is 0.824. The highest BCUT2D eigenvalue weighted by Crippen LogP contribution is 2.18. The maximum absolute atomic E-state index is 12.1. The number of rotatable bonds is 4. The zero-order valence-corrected chi connectivity index (χ0v) is 12.6. The molecule has 2 aromatic rings. The molecule has 0 aliphatic heterocycles. The Labute approximate surface area is 128 Å². The maximum Gasteiger partial charge on any atom is 0.251 e. The van der Waals surface area contributed by atoms with E-state index in [4.69, 9.17) is 23.2 Å². The number of alkyl halides is 1. The van der Waals surface area contributed by atoms with Crippen LogP contribution in [0.1, 0.15) is 34.5 Å². The first-order valence-corrected chi connectivity index (χ1v) is 7.22. The summed E-state index contributed by atoms with van der Waals surface area (Å²) in [6.45, 7) is 1.93. The number of nitrogens with one attached hydrogen (secondary N) is 1. The summed E-state index contributed by atoms with van der Waals surface area (Å²) in [6, 6.07) is 14.6. The molecule has 0 heterocycles. The first kappa shape index (κ1) is 14.9. The first-order chi connectivity index (χ1) is 9.60. The lowest BCUT2D eigenvalue weighted by Crippen LogP contribution is -2.26. The Balaban J connectivity index is 2.06. The third-order valence-electron chi connectivity index (χ3n) is 3.07. The summed E-state index contributed by atoms with van der Waals surface area (Å²) in [5.41, 5.74) is 2.59. The van der Waals surface area contributed by atoms with Crippen molar-refractivity contribution in [3.05, 3.63) is 70.2 Å². The minimum Gasteiger partial charge on any atom is -0.346 e. The van der Waals surface area contributed by atoms with Crippen LogP contribution in [0.4, 0.5) is 0 Å². The smallest absolute Gasteiger partial charge is 0.251 e. The molecule has 1 amide bonds. The van der Waals surface area contributed by atoms with Crippen molar-refractivity contribution in [1.82, 2.24) is 5.32 Å². The Kier molecular flexibility index (Phi) is 5.05. The molecule has 0 aliphatic rings. The van der Waals surface area contributed by atoms with Gasteiger partial charge < -0.3 is 5.32 Å². The van der Waals surface area contributed by atoms with Crippen LogP contribution < -0.4 is 5.32 Å². The Morgan fingerprint density at radius 3 is 2.50 bits per heavy atom. The molecule has 0 aromatic heterocycles. The predicted octanol–water partition coefficient (Wildman–Crippen LogP) is 4.57. The molecule has 1 N–H and O–H groups in total. The van der Waals surface area contributed by atoms with Crippen LogP contribution >= 0.6 is 23.2 Å². The number of amides is 1. The van der Waals surface area contributed by atoms with E-state index in [1.54, 1.807) is 12.1 Å². The van der Waals surface area contributed by atoms with Gasteiger partial charge in [-0.1, -0.05) is 35.9 Å². The third kappa shape index (κ3) is 3.75. The third-order valence-corrected chi connectivity index (χ3v) is 3.61. The van der Waals surface area contributed by atoms with E-state index in [0.29, 0.717) is 16.5 Å². The van der Waals surface area contributed by atoms with Crippen molar-refractivity contribution in [2.75, 3.05) is 0 Å². The number of benzene rings is 2. The maximum atomic E-state index is 12.1. The van der Waals surface area contributed by atoms with Gasteiger partial charge in [0.05, 0.1) is 6.04 Å². The zero-order chi connectivity index (χ0) is 14.5. The number of hydrogen-bond acceptors (Lipinski definition) is 1. The molecule has 0 radical (unpaired) electrons. The Morgan fingerprint density at radius 1 is 1.20 bits per heavy atom. The van der Waals surface area contributed by atoms with Gasteiger partial charge in [-0.2, -0.15) is 0 Å². The topological polar surface area (TPSA) is 29.1 Å². The normalized spacial score (nSPS) is 11.9. The molecular formula is C16H15Cl2NO. The van der Waals surface area contributed by atoms with Crippen molar-refractivity contribution in [2.45, 2.75) is 18.8 Å². The van der Waals surface area contributed by atoms with Crippen molar-refractivity contribution in [1.29, 1.82) is 0 Å². The SMILES string of the molecule is C[C@H](NC(=O)c1ccc(CCl)cc1)c1cccc(Cl)c1. The number of carbonyl (C=O) groups is 1. The van der Waals surface area contributed by atoms with Crippen LogP contribution in [0.3, 0.4) is 0 Å². The molecule has 4 heteroatoms.